The van der Waals surface area contributed by atoms with Crippen LogP contribution in [0, 0.1) is 0 Å². The Hall–Kier alpha value is -1.47. The number of Topliss-reactive ketones (excluding diaryl/α,β-unsaturated/α-hetero) is 1. The van der Waals surface area contributed by atoms with Gasteiger partial charge in [0.25, 0.3) is 5.78 Å². The number of alkyl halides is 3. The molecule has 0 aromatic heterocycles. The molecule has 0 aliphatic heterocycles. The number of allylic oxidation sites excluding steroid dienone is 1. The van der Waals surface area contributed by atoms with Crippen LogP contribution in [0.5, 0.6) is 0 Å². The summed E-state index contributed by atoms with van der Waals surface area (Å²) in [6, 6.07) is 6.36. The van der Waals surface area contributed by atoms with E-state index in [9.17, 15) is 22.8 Å². The lowest BCUT2D eigenvalue weighted by atomic mass is 9.98. The number of halogens is 4. The molecule has 1 rings (SSSR count). The molecular formula is C16H16ClF3O3S. The van der Waals surface area contributed by atoms with Crippen molar-refractivity contribution in [2.45, 2.75) is 30.0 Å². The van der Waals surface area contributed by atoms with Crippen molar-refractivity contribution in [1.82, 2.24) is 0 Å². The molecule has 8 heteroatoms. The molecule has 0 aliphatic rings. The van der Waals surface area contributed by atoms with Gasteiger partial charge in [0, 0.05) is 10.8 Å². The smallest absolute Gasteiger partial charge is 0.452 e. The Labute approximate surface area is 147 Å². The summed E-state index contributed by atoms with van der Waals surface area (Å²) in [6.45, 7) is 4.68. The van der Waals surface area contributed by atoms with Crippen molar-refractivity contribution in [2.75, 3.05) is 6.61 Å². The molecule has 0 N–H and O–H groups in total. The number of carbonyl (C=O) groups is 2. The van der Waals surface area contributed by atoms with Crippen LogP contribution in [0.1, 0.15) is 18.9 Å². The molecule has 1 aromatic carbocycles. The van der Waals surface area contributed by atoms with E-state index < -0.39 is 29.1 Å². The van der Waals surface area contributed by atoms with Crippen LogP contribution in [0.4, 0.5) is 13.2 Å². The van der Waals surface area contributed by atoms with Gasteiger partial charge in [0.1, 0.15) is 0 Å². The fourth-order valence-corrected chi connectivity index (χ4v) is 3.31. The molecule has 3 nitrogen and oxygen atoms in total. The largest absolute Gasteiger partial charge is 0.465 e. The second kappa shape index (κ2) is 8.58. The van der Waals surface area contributed by atoms with Crippen molar-refractivity contribution in [3.05, 3.63) is 47.5 Å². The molecule has 1 atom stereocenters. The average molecular weight is 381 g/mol. The molecule has 0 radical (unpaired) electrons. The lowest BCUT2D eigenvalue weighted by Gasteiger charge is -2.29. The predicted molar refractivity (Wildman–Crippen MR) is 88.0 cm³/mol. The monoisotopic (exact) mass is 380 g/mol. The number of hydrogen-bond donors (Lipinski definition) is 0. The Kier molecular flexibility index (Phi) is 7.35. The first-order valence-electron chi connectivity index (χ1n) is 6.95. The number of ether oxygens (including phenoxy) is 1. The lowest BCUT2D eigenvalue weighted by molar-refractivity contribution is -0.178. The number of carbonyl (C=O) groups excluding carboxylic acids is 2. The van der Waals surface area contributed by atoms with Crippen molar-refractivity contribution >= 4 is 35.1 Å². The molecule has 24 heavy (non-hydrogen) atoms. The van der Waals surface area contributed by atoms with E-state index in [4.69, 9.17) is 16.3 Å². The number of hydrogen-bond acceptors (Lipinski definition) is 4. The quantitative estimate of drug-likeness (QED) is 0.376. The third kappa shape index (κ3) is 5.01. The minimum Gasteiger partial charge on any atom is -0.465 e. The van der Waals surface area contributed by atoms with Gasteiger partial charge in [0.2, 0.25) is 0 Å². The van der Waals surface area contributed by atoms with Crippen molar-refractivity contribution in [3.8, 4) is 0 Å². The predicted octanol–water partition coefficient (Wildman–Crippen LogP) is 4.58. The number of thioether (sulfide) groups is 1. The summed E-state index contributed by atoms with van der Waals surface area (Å²) in [6.07, 6.45) is -4.54. The van der Waals surface area contributed by atoms with E-state index in [0.29, 0.717) is 22.3 Å². The molecule has 132 valence electrons. The van der Waals surface area contributed by atoms with E-state index >= 15 is 0 Å². The molecular weight excluding hydrogens is 365 g/mol. The molecule has 0 saturated carbocycles. The lowest BCUT2D eigenvalue weighted by Crippen LogP contribution is -2.51. The fraction of sp³-hybridized carbons (Fsp3) is 0.375. The summed E-state index contributed by atoms with van der Waals surface area (Å²) < 4.78 is 41.4. The highest BCUT2D eigenvalue weighted by molar-refractivity contribution is 8.01. The zero-order valence-electron chi connectivity index (χ0n) is 12.9. The Bertz CT molecular complexity index is 602. The molecule has 0 saturated heterocycles. The molecule has 0 spiro atoms. The number of benzene rings is 1. The van der Waals surface area contributed by atoms with Gasteiger partial charge in [-0.1, -0.05) is 29.8 Å². The van der Waals surface area contributed by atoms with Crippen LogP contribution in [0.3, 0.4) is 0 Å². The van der Waals surface area contributed by atoms with Crippen molar-refractivity contribution in [1.29, 1.82) is 0 Å². The first kappa shape index (κ1) is 20.6. The molecule has 0 heterocycles. The van der Waals surface area contributed by atoms with Crippen LogP contribution in [0.2, 0.25) is 5.02 Å². The van der Waals surface area contributed by atoms with Crippen LogP contribution in [-0.4, -0.2) is 29.3 Å². The van der Waals surface area contributed by atoms with Gasteiger partial charge in [-0.05, 0) is 31.0 Å². The third-order valence-corrected chi connectivity index (χ3v) is 4.80. The maximum atomic E-state index is 13.0. The van der Waals surface area contributed by atoms with Gasteiger partial charge in [-0.2, -0.15) is 13.2 Å². The topological polar surface area (TPSA) is 43.4 Å². The highest BCUT2D eigenvalue weighted by atomic mass is 35.5. The number of esters is 1. The second-order valence-electron chi connectivity index (χ2n) is 4.78. The fourth-order valence-electron chi connectivity index (χ4n) is 1.92. The van der Waals surface area contributed by atoms with Crippen LogP contribution in [-0.2, 0) is 20.1 Å². The Morgan fingerprint density at radius 2 is 1.88 bits per heavy atom. The molecule has 0 amide bonds. The van der Waals surface area contributed by atoms with Crippen molar-refractivity contribution < 1.29 is 27.5 Å². The maximum absolute atomic E-state index is 13.0. The summed E-state index contributed by atoms with van der Waals surface area (Å²) in [5.41, 5.74) is 0.622. The minimum absolute atomic E-state index is 0.00560. The van der Waals surface area contributed by atoms with Gasteiger partial charge in [0.15, 0.2) is 4.75 Å². The highest BCUT2D eigenvalue weighted by Crippen LogP contribution is 2.40. The summed E-state index contributed by atoms with van der Waals surface area (Å²) in [5.74, 6) is -3.36. The van der Waals surface area contributed by atoms with Crippen molar-refractivity contribution in [3.63, 3.8) is 0 Å². The van der Waals surface area contributed by atoms with Gasteiger partial charge >= 0.3 is 12.1 Å². The molecule has 1 aromatic rings. The first-order chi connectivity index (χ1) is 11.2. The van der Waals surface area contributed by atoms with Gasteiger partial charge in [0.05, 0.1) is 6.61 Å². The highest BCUT2D eigenvalue weighted by Gasteiger charge is 2.58. The Balaban J connectivity index is 3.18. The summed E-state index contributed by atoms with van der Waals surface area (Å²) >= 11 is 6.33. The van der Waals surface area contributed by atoms with Crippen LogP contribution in [0.25, 0.3) is 0 Å². The summed E-state index contributed by atoms with van der Waals surface area (Å²) in [5, 5.41) is 0.470. The van der Waals surface area contributed by atoms with E-state index in [-0.39, 0.29) is 12.4 Å². The third-order valence-electron chi connectivity index (χ3n) is 3.06. The van der Waals surface area contributed by atoms with E-state index in [1.807, 2.05) is 0 Å². The SMILES string of the molecule is C=CCC(SCc1ccc(Cl)cc1)(C(=O)OCC)C(=O)C(F)(F)F. The van der Waals surface area contributed by atoms with Crippen LogP contribution in [0.15, 0.2) is 36.9 Å². The summed E-state index contributed by atoms with van der Waals surface area (Å²) in [7, 11) is 0. The van der Waals surface area contributed by atoms with Gasteiger partial charge in [-0.15, -0.1) is 18.3 Å². The van der Waals surface area contributed by atoms with Gasteiger partial charge in [-0.3, -0.25) is 9.59 Å². The minimum atomic E-state index is -5.16. The first-order valence-corrected chi connectivity index (χ1v) is 8.32. The summed E-state index contributed by atoms with van der Waals surface area (Å²) in [4.78, 5) is 24.1. The van der Waals surface area contributed by atoms with Crippen LogP contribution >= 0.6 is 23.4 Å². The standard InChI is InChI=1S/C16H16ClF3O3S/c1-3-9-15(14(22)23-4-2,13(21)16(18,19)20)24-10-11-5-7-12(17)8-6-11/h3,5-8H,1,4,9-10H2,2H3. The Morgan fingerprint density at radius 1 is 1.29 bits per heavy atom. The zero-order valence-corrected chi connectivity index (χ0v) is 14.4. The van der Waals surface area contributed by atoms with E-state index in [0.717, 1.165) is 6.08 Å². The number of rotatable bonds is 8. The van der Waals surface area contributed by atoms with E-state index in [2.05, 4.69) is 6.58 Å². The number of ketones is 1. The molecule has 1 unspecified atom stereocenters. The normalized spacial score (nSPS) is 13.9. The van der Waals surface area contributed by atoms with Gasteiger partial charge in [-0.25, -0.2) is 0 Å². The molecule has 0 aliphatic carbocycles. The second-order valence-corrected chi connectivity index (χ2v) is 6.49. The average Bonchev–Trinajstić information content (AvgIpc) is 2.51. The van der Waals surface area contributed by atoms with Crippen molar-refractivity contribution in [2.24, 2.45) is 0 Å². The molecule has 0 fully saturated rings. The molecule has 0 bridgehead atoms. The zero-order chi connectivity index (χ0) is 18.4. The van der Waals surface area contributed by atoms with Gasteiger partial charge < -0.3 is 4.74 Å². The van der Waals surface area contributed by atoms with Crippen LogP contribution < -0.4 is 0 Å². The Morgan fingerprint density at radius 3 is 2.33 bits per heavy atom. The van der Waals surface area contributed by atoms with E-state index in [1.54, 1.807) is 24.3 Å². The van der Waals surface area contributed by atoms with E-state index in [1.165, 1.54) is 6.92 Å². The maximum Gasteiger partial charge on any atom is 0.452 e.